The highest BCUT2D eigenvalue weighted by Gasteiger charge is 2.17. The Hall–Kier alpha value is -3.32. The van der Waals surface area contributed by atoms with E-state index in [1.54, 1.807) is 31.2 Å². The number of aryl methyl sites for hydroxylation is 2. The van der Waals surface area contributed by atoms with Gasteiger partial charge in [0.2, 0.25) is 0 Å². The second-order valence-corrected chi connectivity index (χ2v) is 8.31. The molecule has 0 spiro atoms. The number of sulfonamides is 1. The molecule has 150 valence electrons. The molecule has 0 aliphatic rings. The minimum Gasteiger partial charge on any atom is -0.497 e. The van der Waals surface area contributed by atoms with Gasteiger partial charge in [-0.25, -0.2) is 8.42 Å². The number of hydrogen-bond acceptors (Lipinski definition) is 4. The molecule has 0 fully saturated rings. The summed E-state index contributed by atoms with van der Waals surface area (Å²) < 4.78 is 33.0. The van der Waals surface area contributed by atoms with Crippen molar-refractivity contribution in [3.8, 4) is 5.75 Å². The van der Waals surface area contributed by atoms with Crippen LogP contribution in [0.3, 0.4) is 0 Å². The molecule has 3 aromatic carbocycles. The summed E-state index contributed by atoms with van der Waals surface area (Å²) >= 11 is 0. The first kappa shape index (κ1) is 20.4. The molecular weight excluding hydrogens is 388 g/mol. The largest absolute Gasteiger partial charge is 0.497 e. The van der Waals surface area contributed by atoms with Crippen LogP contribution >= 0.6 is 0 Å². The third-order valence-electron chi connectivity index (χ3n) is 4.42. The number of ether oxygens (including phenoxy) is 1. The van der Waals surface area contributed by atoms with E-state index in [1.165, 1.54) is 25.3 Å². The molecule has 1 amide bonds. The summed E-state index contributed by atoms with van der Waals surface area (Å²) in [5, 5.41) is 2.81. The quantitative estimate of drug-likeness (QED) is 0.632. The molecule has 29 heavy (non-hydrogen) atoms. The van der Waals surface area contributed by atoms with E-state index in [9.17, 15) is 13.2 Å². The number of hydrogen-bond donors (Lipinski definition) is 2. The molecule has 0 aromatic heterocycles. The topological polar surface area (TPSA) is 84.5 Å². The van der Waals surface area contributed by atoms with Crippen LogP contribution in [0.1, 0.15) is 21.5 Å². The standard InChI is InChI=1S/C22H22N2O4S/c1-15-4-8-18(9-5-15)23-22(25)17-7-6-16(2)21(14-17)24-29(26,27)20-12-10-19(28-3)11-13-20/h4-14,24H,1-3H3,(H,23,25). The van der Waals surface area contributed by atoms with Crippen LogP contribution in [0.25, 0.3) is 0 Å². The van der Waals surface area contributed by atoms with Gasteiger partial charge in [0.05, 0.1) is 17.7 Å². The molecule has 6 nitrogen and oxygen atoms in total. The van der Waals surface area contributed by atoms with Crippen LogP contribution in [0.15, 0.2) is 71.6 Å². The smallest absolute Gasteiger partial charge is 0.261 e. The van der Waals surface area contributed by atoms with Gasteiger partial charge in [-0.05, 0) is 67.9 Å². The molecule has 0 bridgehead atoms. The molecule has 2 N–H and O–H groups in total. The summed E-state index contributed by atoms with van der Waals surface area (Å²) in [6.45, 7) is 3.74. The number of anilines is 2. The summed E-state index contributed by atoms with van der Waals surface area (Å²) in [6.07, 6.45) is 0. The van der Waals surface area contributed by atoms with Gasteiger partial charge in [-0.3, -0.25) is 9.52 Å². The fraction of sp³-hybridized carbons (Fsp3) is 0.136. The van der Waals surface area contributed by atoms with Crippen molar-refractivity contribution < 1.29 is 17.9 Å². The van der Waals surface area contributed by atoms with Gasteiger partial charge in [-0.15, -0.1) is 0 Å². The van der Waals surface area contributed by atoms with Gasteiger partial charge in [0.15, 0.2) is 0 Å². The summed E-state index contributed by atoms with van der Waals surface area (Å²) in [5.41, 5.74) is 3.16. The molecule has 3 aromatic rings. The second-order valence-electron chi connectivity index (χ2n) is 6.63. The third kappa shape index (κ3) is 4.94. The van der Waals surface area contributed by atoms with E-state index in [-0.39, 0.29) is 10.8 Å². The van der Waals surface area contributed by atoms with Crippen molar-refractivity contribution in [1.82, 2.24) is 0 Å². The van der Waals surface area contributed by atoms with Crippen molar-refractivity contribution in [3.63, 3.8) is 0 Å². The molecule has 0 unspecified atom stereocenters. The molecule has 3 rings (SSSR count). The zero-order chi connectivity index (χ0) is 21.0. The Labute approximate surface area is 170 Å². The zero-order valence-electron chi connectivity index (χ0n) is 16.4. The molecule has 0 saturated carbocycles. The van der Waals surface area contributed by atoms with Crippen LogP contribution in [0, 0.1) is 13.8 Å². The Morgan fingerprint density at radius 3 is 2.17 bits per heavy atom. The maximum absolute atomic E-state index is 12.7. The van der Waals surface area contributed by atoms with Gasteiger partial charge in [-0.1, -0.05) is 23.8 Å². The van der Waals surface area contributed by atoms with Crippen LogP contribution < -0.4 is 14.8 Å². The predicted octanol–water partition coefficient (Wildman–Crippen LogP) is 4.37. The van der Waals surface area contributed by atoms with Crippen LogP contribution in [0.2, 0.25) is 0 Å². The predicted molar refractivity (Wildman–Crippen MR) is 114 cm³/mol. The number of nitrogens with one attached hydrogen (secondary N) is 2. The first-order valence-electron chi connectivity index (χ1n) is 8.94. The van der Waals surface area contributed by atoms with Crippen molar-refractivity contribution in [2.45, 2.75) is 18.7 Å². The lowest BCUT2D eigenvalue weighted by Gasteiger charge is -2.13. The average Bonchev–Trinajstić information content (AvgIpc) is 2.71. The molecule has 7 heteroatoms. The highest BCUT2D eigenvalue weighted by Crippen LogP contribution is 2.23. The van der Waals surface area contributed by atoms with Crippen LogP contribution in [0.4, 0.5) is 11.4 Å². The fourth-order valence-electron chi connectivity index (χ4n) is 2.67. The van der Waals surface area contributed by atoms with Crippen LogP contribution in [-0.4, -0.2) is 21.4 Å². The highest BCUT2D eigenvalue weighted by molar-refractivity contribution is 7.92. The van der Waals surface area contributed by atoms with Gasteiger partial charge in [0, 0.05) is 11.3 Å². The zero-order valence-corrected chi connectivity index (χ0v) is 17.2. The summed E-state index contributed by atoms with van der Waals surface area (Å²) in [5.74, 6) is 0.244. The van der Waals surface area contributed by atoms with E-state index in [0.29, 0.717) is 28.3 Å². The molecular formula is C22H22N2O4S. The third-order valence-corrected chi connectivity index (χ3v) is 5.80. The monoisotopic (exact) mass is 410 g/mol. The number of carbonyl (C=O) groups is 1. The van der Waals surface area contributed by atoms with E-state index in [0.717, 1.165) is 5.56 Å². The summed E-state index contributed by atoms with van der Waals surface area (Å²) in [6, 6.07) is 18.4. The molecule has 0 aliphatic heterocycles. The minimum atomic E-state index is -3.80. The normalized spacial score (nSPS) is 11.0. The van der Waals surface area contributed by atoms with E-state index in [4.69, 9.17) is 4.74 Å². The second kappa shape index (κ2) is 8.36. The SMILES string of the molecule is COc1ccc(S(=O)(=O)Nc2cc(C(=O)Nc3ccc(C)cc3)ccc2C)cc1. The van der Waals surface area contributed by atoms with E-state index in [2.05, 4.69) is 10.0 Å². The maximum Gasteiger partial charge on any atom is 0.261 e. The first-order chi connectivity index (χ1) is 13.8. The summed E-state index contributed by atoms with van der Waals surface area (Å²) in [4.78, 5) is 12.7. The molecule has 0 heterocycles. The van der Waals surface area contributed by atoms with E-state index in [1.807, 2.05) is 31.2 Å². The number of carbonyl (C=O) groups excluding carboxylic acids is 1. The lowest BCUT2D eigenvalue weighted by molar-refractivity contribution is 0.102. The lowest BCUT2D eigenvalue weighted by atomic mass is 10.1. The first-order valence-corrected chi connectivity index (χ1v) is 10.4. The number of amides is 1. The maximum atomic E-state index is 12.7. The van der Waals surface area contributed by atoms with Crippen LogP contribution in [-0.2, 0) is 10.0 Å². The van der Waals surface area contributed by atoms with Gasteiger partial charge < -0.3 is 10.1 Å². The summed E-state index contributed by atoms with van der Waals surface area (Å²) in [7, 11) is -2.29. The van der Waals surface area contributed by atoms with E-state index >= 15 is 0 Å². The van der Waals surface area contributed by atoms with Gasteiger partial charge in [0.1, 0.15) is 5.75 Å². The molecule has 0 saturated heterocycles. The van der Waals surface area contributed by atoms with Gasteiger partial charge in [-0.2, -0.15) is 0 Å². The Morgan fingerprint density at radius 2 is 1.55 bits per heavy atom. The van der Waals surface area contributed by atoms with Gasteiger partial charge in [0.25, 0.3) is 15.9 Å². The molecule has 0 atom stereocenters. The Kier molecular flexibility index (Phi) is 5.89. The van der Waals surface area contributed by atoms with Crippen molar-refractivity contribution in [1.29, 1.82) is 0 Å². The Bertz CT molecular complexity index is 1120. The number of methoxy groups -OCH3 is 1. The van der Waals surface area contributed by atoms with Gasteiger partial charge >= 0.3 is 0 Å². The van der Waals surface area contributed by atoms with Crippen molar-refractivity contribution in [2.24, 2.45) is 0 Å². The number of benzene rings is 3. The Balaban J connectivity index is 1.82. The number of rotatable bonds is 6. The van der Waals surface area contributed by atoms with Crippen molar-refractivity contribution in [3.05, 3.63) is 83.4 Å². The molecule has 0 aliphatic carbocycles. The highest BCUT2D eigenvalue weighted by atomic mass is 32.2. The van der Waals surface area contributed by atoms with E-state index < -0.39 is 10.0 Å². The minimum absolute atomic E-state index is 0.104. The Morgan fingerprint density at radius 1 is 0.897 bits per heavy atom. The van der Waals surface area contributed by atoms with Crippen molar-refractivity contribution in [2.75, 3.05) is 17.1 Å². The van der Waals surface area contributed by atoms with Crippen LogP contribution in [0.5, 0.6) is 5.75 Å². The average molecular weight is 410 g/mol. The fourth-order valence-corrected chi connectivity index (χ4v) is 3.79. The molecule has 0 radical (unpaired) electrons. The van der Waals surface area contributed by atoms with Crippen molar-refractivity contribution >= 4 is 27.3 Å². The lowest BCUT2D eigenvalue weighted by Crippen LogP contribution is -2.16.